The van der Waals surface area contributed by atoms with Crippen molar-refractivity contribution >= 4 is 48.3 Å². The smallest absolute Gasteiger partial charge is 0.356 e. The molecule has 0 aliphatic carbocycles. The van der Waals surface area contributed by atoms with Crippen molar-refractivity contribution in [1.82, 2.24) is 0 Å². The normalized spacial score (nSPS) is 13.6. The molecule has 8 heteroatoms. The number of aliphatic hydroxyl groups excluding tert-OH is 1. The Bertz CT molecular complexity index is 1950. The van der Waals surface area contributed by atoms with E-state index in [4.69, 9.17) is 5.11 Å². The Morgan fingerprint density at radius 1 is 0.811 bits per heavy atom. The monoisotopic (exact) mass is 688 g/mol. The van der Waals surface area contributed by atoms with Gasteiger partial charge in [0.25, 0.3) is 0 Å². The summed E-state index contributed by atoms with van der Waals surface area (Å²) in [6, 6.07) is 29.4. The van der Waals surface area contributed by atoms with Crippen LogP contribution in [0.5, 0.6) is 0 Å². The topological polar surface area (TPSA) is 96.2 Å². The molecule has 1 aliphatic heterocycles. The summed E-state index contributed by atoms with van der Waals surface area (Å²) in [5, 5.41) is 14.6. The van der Waals surface area contributed by atoms with E-state index < -0.39 is 10.2 Å². The van der Waals surface area contributed by atoms with Crippen LogP contribution in [0.2, 0.25) is 0 Å². The van der Waals surface area contributed by atoms with Gasteiger partial charge in [0, 0.05) is 32.5 Å². The molecular weight excluding hydrogens is 667 g/mol. The minimum absolute atomic E-state index is 0. The fourth-order valence-corrected chi connectivity index (χ4v) is 5.19. The van der Waals surface area contributed by atoms with Crippen LogP contribution < -0.4 is 10.7 Å². The van der Waals surface area contributed by atoms with Gasteiger partial charge in [-0.15, -0.1) is 28.2 Å². The van der Waals surface area contributed by atoms with Gasteiger partial charge in [-0.2, -0.15) is 12.8 Å². The zero-order chi connectivity index (χ0) is 25.4. The van der Waals surface area contributed by atoms with E-state index in [0.717, 1.165) is 38.1 Å². The van der Waals surface area contributed by atoms with E-state index >= 15 is 0 Å². The Hall–Kier alpha value is -3.67. The molecule has 0 saturated carbocycles. The minimum Gasteiger partial charge on any atom is -0.512 e. The quantitative estimate of drug-likeness (QED) is 0.0914. The average Bonchev–Trinajstić information content (AvgIpc) is 3.18. The van der Waals surface area contributed by atoms with Gasteiger partial charge in [0.1, 0.15) is 0 Å². The number of nitrogens with zero attached hydrogens (tertiary/aromatic N) is 2. The predicted octanol–water partition coefficient (Wildman–Crippen LogP) is 5.15. The maximum atomic E-state index is 12.2. The maximum absolute atomic E-state index is 12.2. The summed E-state index contributed by atoms with van der Waals surface area (Å²) in [4.78, 5) is 10.0. The molecule has 0 aromatic heterocycles. The first-order valence-electron chi connectivity index (χ1n) is 11.2. The van der Waals surface area contributed by atoms with Crippen molar-refractivity contribution < 1.29 is 39.4 Å². The number of hydrogen-bond acceptors (Lipinski definition) is 4. The largest absolute Gasteiger partial charge is 0.512 e. The van der Waals surface area contributed by atoms with Gasteiger partial charge >= 0.3 is 10.2 Å². The number of allylic oxidation sites excluding steroid dienone is 2. The molecule has 6 nitrogen and oxygen atoms in total. The van der Waals surface area contributed by atoms with Crippen molar-refractivity contribution in [3.8, 4) is 11.1 Å². The van der Waals surface area contributed by atoms with E-state index in [1.165, 1.54) is 19.9 Å². The summed E-state index contributed by atoms with van der Waals surface area (Å²) in [7, 11) is -3.89. The number of benzene rings is 5. The molecular formula is C29H21N2O4PtS-. The third-order valence-corrected chi connectivity index (χ3v) is 6.57. The molecule has 6 rings (SSSR count). The van der Waals surface area contributed by atoms with E-state index in [1.54, 1.807) is 0 Å². The summed E-state index contributed by atoms with van der Waals surface area (Å²) in [5.74, 6) is -0.0625. The molecule has 0 atom stereocenters. The van der Waals surface area contributed by atoms with Gasteiger partial charge in [-0.1, -0.05) is 77.0 Å². The predicted molar refractivity (Wildman–Crippen MR) is 142 cm³/mol. The molecule has 37 heavy (non-hydrogen) atoms. The fraction of sp³-hybridized carbons (Fsp3) is 0.0690. The average molecular weight is 689 g/mol. The van der Waals surface area contributed by atoms with Gasteiger partial charge in [0.05, 0.1) is 11.1 Å². The van der Waals surface area contributed by atoms with Crippen LogP contribution in [0.15, 0.2) is 99.5 Å². The van der Waals surface area contributed by atoms with Crippen LogP contribution in [0.1, 0.15) is 13.8 Å². The van der Waals surface area contributed by atoms with Gasteiger partial charge in [-0.3, -0.25) is 4.79 Å². The number of aliphatic hydroxyl groups is 1. The Labute approximate surface area is 228 Å². The molecule has 5 aromatic carbocycles. The molecule has 0 spiro atoms. The molecule has 0 fully saturated rings. The number of fused-ring (bicyclic) bond motifs is 7. The van der Waals surface area contributed by atoms with Gasteiger partial charge < -0.3 is 5.11 Å². The van der Waals surface area contributed by atoms with Crippen molar-refractivity contribution in [1.29, 1.82) is 0 Å². The molecule has 188 valence electrons. The van der Waals surface area contributed by atoms with Crippen molar-refractivity contribution in [2.24, 2.45) is 8.80 Å². The van der Waals surface area contributed by atoms with Crippen molar-refractivity contribution in [3.05, 3.63) is 107 Å². The molecule has 0 amide bonds. The van der Waals surface area contributed by atoms with Crippen molar-refractivity contribution in [2.75, 3.05) is 0 Å². The van der Waals surface area contributed by atoms with E-state index in [-0.39, 0.29) is 32.6 Å². The SMILES string of the molecule is CC(=O)/C=C(/C)O.O=S1(=O)N=c2c(c3cc4ccccc4cc3c3ccc(-c4ccccc4)[c-]c23)=N1.[Pt]. The van der Waals surface area contributed by atoms with Crippen molar-refractivity contribution in [3.63, 3.8) is 0 Å². The Morgan fingerprint density at radius 3 is 2.00 bits per heavy atom. The second kappa shape index (κ2) is 10.4. The molecule has 0 radical (unpaired) electrons. The van der Waals surface area contributed by atoms with E-state index in [9.17, 15) is 13.2 Å². The number of carbonyl (C=O) groups excluding carboxylic acids is 1. The molecule has 5 aromatic rings. The van der Waals surface area contributed by atoms with Gasteiger partial charge in [0.15, 0.2) is 5.78 Å². The van der Waals surface area contributed by atoms with Crippen LogP contribution in [0.3, 0.4) is 0 Å². The number of hydrogen-bond donors (Lipinski definition) is 1. The van der Waals surface area contributed by atoms with Gasteiger partial charge in [-0.05, 0) is 41.5 Å². The van der Waals surface area contributed by atoms with Gasteiger partial charge in [-0.25, -0.2) is 0 Å². The van der Waals surface area contributed by atoms with E-state index in [1.807, 2.05) is 72.8 Å². The first kappa shape index (κ1) is 26.4. The minimum atomic E-state index is -3.89. The zero-order valence-electron chi connectivity index (χ0n) is 19.9. The van der Waals surface area contributed by atoms with E-state index in [2.05, 4.69) is 20.9 Å². The summed E-state index contributed by atoms with van der Waals surface area (Å²) < 4.78 is 32.4. The van der Waals surface area contributed by atoms with Crippen molar-refractivity contribution in [2.45, 2.75) is 13.8 Å². The number of ketones is 1. The summed E-state index contributed by atoms with van der Waals surface area (Å²) >= 11 is 0. The standard InChI is InChI=1S/C24H13N2O2S.C5H8O2.Pt/c27-29(28)25-23-21-14-18(15-6-2-1-3-7-15)10-11-19(21)20-12-16-8-4-5-9-17(16)13-22(20)24(23)26-29;1-4(6)3-5(2)7;/h1-13H;3,6H,1-2H3;/q-1;;/b;4-3-;. The molecule has 0 bridgehead atoms. The zero-order valence-corrected chi connectivity index (χ0v) is 23.0. The molecule has 0 saturated heterocycles. The first-order chi connectivity index (χ1) is 17.2. The van der Waals surface area contributed by atoms with Crippen LogP contribution >= 0.6 is 0 Å². The Balaban J connectivity index is 0.000000356. The molecule has 1 aliphatic rings. The third-order valence-electron chi connectivity index (χ3n) is 5.75. The summed E-state index contributed by atoms with van der Waals surface area (Å²) in [6.45, 7) is 2.85. The van der Waals surface area contributed by atoms with Crippen LogP contribution in [0.25, 0.3) is 43.4 Å². The van der Waals surface area contributed by atoms with E-state index in [0.29, 0.717) is 16.1 Å². The second-order valence-corrected chi connectivity index (χ2v) is 9.76. The Morgan fingerprint density at radius 2 is 1.41 bits per heavy atom. The number of rotatable bonds is 2. The van der Waals surface area contributed by atoms with Crippen LogP contribution in [0.4, 0.5) is 0 Å². The van der Waals surface area contributed by atoms with Crippen LogP contribution in [-0.2, 0) is 36.1 Å². The summed E-state index contributed by atoms with van der Waals surface area (Å²) in [5.41, 5.74) is 1.90. The van der Waals surface area contributed by atoms with Crippen LogP contribution in [0, 0.1) is 6.07 Å². The molecule has 1 N–H and O–H groups in total. The molecule has 0 unspecified atom stereocenters. The number of carbonyl (C=O) groups is 1. The van der Waals surface area contributed by atoms with Crippen LogP contribution in [-0.4, -0.2) is 19.3 Å². The fourth-order valence-electron chi connectivity index (χ4n) is 4.32. The Kier molecular flexibility index (Phi) is 7.39. The summed E-state index contributed by atoms with van der Waals surface area (Å²) in [6.07, 6.45) is 1.17. The first-order valence-corrected chi connectivity index (χ1v) is 12.6. The second-order valence-electron chi connectivity index (χ2n) is 8.50. The van der Waals surface area contributed by atoms with Gasteiger partial charge in [0.2, 0.25) is 0 Å². The molecule has 1 heterocycles. The maximum Gasteiger partial charge on any atom is 0.356 e. The third kappa shape index (κ3) is 5.38.